The number of aromatic nitrogens is 1. The smallest absolute Gasteiger partial charge is 0.126 e. The van der Waals surface area contributed by atoms with Crippen LogP contribution in [-0.2, 0) is 13.0 Å². The molecule has 0 unspecified atom stereocenters. The van der Waals surface area contributed by atoms with E-state index >= 15 is 0 Å². The molecule has 3 heteroatoms. The Kier molecular flexibility index (Phi) is 6.07. The average Bonchev–Trinajstić information content (AvgIpc) is 2.53. The first-order chi connectivity index (χ1) is 10.3. The zero-order chi connectivity index (χ0) is 14.9. The highest BCUT2D eigenvalue weighted by Gasteiger charge is 1.99. The molecule has 0 bridgehead atoms. The molecule has 1 heterocycles. The summed E-state index contributed by atoms with van der Waals surface area (Å²) >= 11 is 0. The summed E-state index contributed by atoms with van der Waals surface area (Å²) < 4.78 is 5.83. The second kappa shape index (κ2) is 8.30. The topological polar surface area (TPSA) is 34.1 Å². The molecular formula is C18H24N2O. The van der Waals surface area contributed by atoms with Gasteiger partial charge in [0.1, 0.15) is 18.2 Å². The third-order valence-electron chi connectivity index (χ3n) is 3.33. The van der Waals surface area contributed by atoms with Crippen molar-refractivity contribution in [2.24, 2.45) is 0 Å². The minimum absolute atomic E-state index is 0.565. The van der Waals surface area contributed by atoms with E-state index in [1.54, 1.807) is 0 Å². The number of nitrogens with one attached hydrogen (secondary N) is 1. The van der Waals surface area contributed by atoms with Crippen LogP contribution in [0.15, 0.2) is 42.6 Å². The summed E-state index contributed by atoms with van der Waals surface area (Å²) in [6, 6.07) is 12.4. The van der Waals surface area contributed by atoms with E-state index in [0.29, 0.717) is 6.61 Å². The van der Waals surface area contributed by atoms with E-state index in [4.69, 9.17) is 4.74 Å². The molecule has 0 saturated carbocycles. The molecule has 2 aromatic rings. The molecule has 3 nitrogen and oxygen atoms in total. The highest BCUT2D eigenvalue weighted by Crippen LogP contribution is 2.16. The Morgan fingerprint density at radius 3 is 2.57 bits per heavy atom. The van der Waals surface area contributed by atoms with Gasteiger partial charge < -0.3 is 10.1 Å². The van der Waals surface area contributed by atoms with Gasteiger partial charge in [0, 0.05) is 12.7 Å². The molecule has 0 aliphatic rings. The molecule has 2 rings (SSSR count). The summed E-state index contributed by atoms with van der Waals surface area (Å²) in [6.07, 6.45) is 5.43. The van der Waals surface area contributed by atoms with E-state index in [-0.39, 0.29) is 0 Å². The highest BCUT2D eigenvalue weighted by molar-refractivity contribution is 5.37. The molecule has 0 aliphatic heterocycles. The fourth-order valence-corrected chi connectivity index (χ4v) is 2.14. The Balaban J connectivity index is 1.88. The number of hydrogen-bond acceptors (Lipinski definition) is 3. The summed E-state index contributed by atoms with van der Waals surface area (Å²) in [5.41, 5.74) is 2.50. The average molecular weight is 284 g/mol. The lowest BCUT2D eigenvalue weighted by molar-refractivity contribution is 0.306. The van der Waals surface area contributed by atoms with Crippen LogP contribution in [0.1, 0.15) is 37.8 Å². The quantitative estimate of drug-likeness (QED) is 0.778. The Labute approximate surface area is 127 Å². The van der Waals surface area contributed by atoms with E-state index in [2.05, 4.69) is 48.4 Å². The lowest BCUT2D eigenvalue weighted by atomic mass is 10.1. The lowest BCUT2D eigenvalue weighted by Gasteiger charge is -2.09. The second-order valence-corrected chi connectivity index (χ2v) is 5.12. The van der Waals surface area contributed by atoms with E-state index < -0.39 is 0 Å². The fraction of sp³-hybridized carbons (Fsp3) is 0.389. The molecule has 112 valence electrons. The molecule has 0 aliphatic carbocycles. The molecule has 0 fully saturated rings. The van der Waals surface area contributed by atoms with Gasteiger partial charge in [0.25, 0.3) is 0 Å². The molecule has 1 N–H and O–H groups in total. The molecule has 0 radical (unpaired) electrons. The third kappa shape index (κ3) is 5.10. The van der Waals surface area contributed by atoms with E-state index in [0.717, 1.165) is 30.1 Å². The van der Waals surface area contributed by atoms with Crippen molar-refractivity contribution in [3.05, 3.63) is 53.7 Å². The van der Waals surface area contributed by atoms with Crippen molar-refractivity contribution in [3.63, 3.8) is 0 Å². The molecule has 0 spiro atoms. The number of aryl methyl sites for hydroxylation is 1. The van der Waals surface area contributed by atoms with Crippen molar-refractivity contribution in [1.29, 1.82) is 0 Å². The summed E-state index contributed by atoms with van der Waals surface area (Å²) in [7, 11) is 0. The van der Waals surface area contributed by atoms with Gasteiger partial charge in [-0.1, -0.05) is 25.5 Å². The van der Waals surface area contributed by atoms with Crippen LogP contribution in [0, 0.1) is 0 Å². The van der Waals surface area contributed by atoms with Gasteiger partial charge >= 0.3 is 0 Å². The molecule has 0 amide bonds. The van der Waals surface area contributed by atoms with Crippen molar-refractivity contribution >= 4 is 5.82 Å². The van der Waals surface area contributed by atoms with Gasteiger partial charge in [0.15, 0.2) is 0 Å². The lowest BCUT2D eigenvalue weighted by Crippen LogP contribution is -2.01. The van der Waals surface area contributed by atoms with Crippen LogP contribution in [0.4, 0.5) is 5.82 Å². The zero-order valence-corrected chi connectivity index (χ0v) is 12.9. The summed E-state index contributed by atoms with van der Waals surface area (Å²) in [5, 5.41) is 3.21. The number of hydrogen-bond donors (Lipinski definition) is 1. The molecule has 1 aromatic carbocycles. The van der Waals surface area contributed by atoms with Gasteiger partial charge in [0.05, 0.1) is 0 Å². The fourth-order valence-electron chi connectivity index (χ4n) is 2.14. The number of pyridine rings is 1. The van der Waals surface area contributed by atoms with Crippen molar-refractivity contribution in [3.8, 4) is 5.75 Å². The van der Waals surface area contributed by atoms with Crippen molar-refractivity contribution < 1.29 is 4.74 Å². The van der Waals surface area contributed by atoms with Crippen LogP contribution < -0.4 is 10.1 Å². The van der Waals surface area contributed by atoms with Gasteiger partial charge in [-0.05, 0) is 55.2 Å². The number of nitrogens with zero attached hydrogens (tertiary/aromatic N) is 1. The van der Waals surface area contributed by atoms with Gasteiger partial charge in [-0.15, -0.1) is 0 Å². The number of unbranched alkanes of at least 4 members (excludes halogenated alkanes) is 1. The number of benzene rings is 1. The molecule has 1 aromatic heterocycles. The van der Waals surface area contributed by atoms with Gasteiger partial charge in [-0.2, -0.15) is 0 Å². The number of rotatable bonds is 8. The first kappa shape index (κ1) is 15.4. The standard InChI is InChI=1S/C18H24N2O/c1-3-5-6-15-7-9-17(10-8-15)21-14-16-11-12-20-18(13-16)19-4-2/h7-13H,3-6,14H2,1-2H3,(H,19,20). The van der Waals surface area contributed by atoms with Gasteiger partial charge in [-0.3, -0.25) is 0 Å². The summed E-state index contributed by atoms with van der Waals surface area (Å²) in [4.78, 5) is 4.26. The van der Waals surface area contributed by atoms with Crippen LogP contribution in [-0.4, -0.2) is 11.5 Å². The predicted octanol–water partition coefficient (Wildman–Crippen LogP) is 4.44. The SMILES string of the molecule is CCCCc1ccc(OCc2ccnc(NCC)c2)cc1. The van der Waals surface area contributed by atoms with Crippen LogP contribution in [0.3, 0.4) is 0 Å². The Hall–Kier alpha value is -2.03. The van der Waals surface area contributed by atoms with Crippen molar-refractivity contribution in [2.75, 3.05) is 11.9 Å². The molecule has 0 saturated heterocycles. The van der Waals surface area contributed by atoms with Gasteiger partial charge in [-0.25, -0.2) is 4.98 Å². The summed E-state index contributed by atoms with van der Waals surface area (Å²) in [6.45, 7) is 5.71. The van der Waals surface area contributed by atoms with Crippen LogP contribution in [0.2, 0.25) is 0 Å². The van der Waals surface area contributed by atoms with E-state index in [1.165, 1.54) is 18.4 Å². The summed E-state index contributed by atoms with van der Waals surface area (Å²) in [5.74, 6) is 1.81. The molecule has 0 atom stereocenters. The maximum absolute atomic E-state index is 5.83. The Morgan fingerprint density at radius 2 is 1.86 bits per heavy atom. The Morgan fingerprint density at radius 1 is 1.05 bits per heavy atom. The normalized spacial score (nSPS) is 10.4. The van der Waals surface area contributed by atoms with Crippen molar-refractivity contribution in [2.45, 2.75) is 39.7 Å². The molecular weight excluding hydrogens is 260 g/mol. The van der Waals surface area contributed by atoms with Gasteiger partial charge in [0.2, 0.25) is 0 Å². The Bertz CT molecular complexity index is 537. The highest BCUT2D eigenvalue weighted by atomic mass is 16.5. The monoisotopic (exact) mass is 284 g/mol. The largest absolute Gasteiger partial charge is 0.489 e. The van der Waals surface area contributed by atoms with Crippen molar-refractivity contribution in [1.82, 2.24) is 4.98 Å². The molecule has 21 heavy (non-hydrogen) atoms. The van der Waals surface area contributed by atoms with E-state index in [9.17, 15) is 0 Å². The van der Waals surface area contributed by atoms with E-state index in [1.807, 2.05) is 18.3 Å². The predicted molar refractivity (Wildman–Crippen MR) is 87.8 cm³/mol. The number of ether oxygens (including phenoxy) is 1. The van der Waals surface area contributed by atoms with Crippen LogP contribution in [0.25, 0.3) is 0 Å². The first-order valence-electron chi connectivity index (χ1n) is 7.72. The van der Waals surface area contributed by atoms with Crippen LogP contribution in [0.5, 0.6) is 5.75 Å². The maximum Gasteiger partial charge on any atom is 0.126 e. The number of anilines is 1. The minimum atomic E-state index is 0.565. The zero-order valence-electron chi connectivity index (χ0n) is 12.9. The first-order valence-corrected chi connectivity index (χ1v) is 7.72. The minimum Gasteiger partial charge on any atom is -0.489 e. The maximum atomic E-state index is 5.83. The third-order valence-corrected chi connectivity index (χ3v) is 3.33. The second-order valence-electron chi connectivity index (χ2n) is 5.12. The van der Waals surface area contributed by atoms with Crippen LogP contribution >= 0.6 is 0 Å².